The van der Waals surface area contributed by atoms with Gasteiger partial charge in [-0.15, -0.1) is 0 Å². The molecule has 98 valence electrons. The van der Waals surface area contributed by atoms with E-state index in [4.69, 9.17) is 4.74 Å². The molecule has 0 radical (unpaired) electrons. The van der Waals surface area contributed by atoms with Crippen LogP contribution in [0.4, 0.5) is 0 Å². The molecule has 1 fully saturated rings. The third-order valence-corrected chi connectivity index (χ3v) is 4.42. The van der Waals surface area contributed by atoms with Crippen molar-refractivity contribution in [3.63, 3.8) is 0 Å². The minimum Gasteiger partial charge on any atom is -0.395 e. The normalized spacial score (nSPS) is 26.9. The number of ether oxygens (including phenoxy) is 1. The summed E-state index contributed by atoms with van der Waals surface area (Å²) in [5.41, 5.74) is 2.56. The minimum atomic E-state index is -0.149. The minimum absolute atomic E-state index is 0.149. The molecule has 1 N–H and O–H groups in total. The van der Waals surface area contributed by atoms with Gasteiger partial charge in [0.15, 0.2) is 0 Å². The van der Waals surface area contributed by atoms with Gasteiger partial charge in [0.05, 0.1) is 13.2 Å². The molecule has 0 bridgehead atoms. The Hall–Kier alpha value is -0.860. The lowest BCUT2D eigenvalue weighted by Crippen LogP contribution is -2.39. The summed E-state index contributed by atoms with van der Waals surface area (Å²) in [6.45, 7) is 1.76. The molecular formula is C16H22O2. The summed E-state index contributed by atoms with van der Waals surface area (Å²) < 4.78 is 5.89. The largest absolute Gasteiger partial charge is 0.395 e. The zero-order chi connectivity index (χ0) is 12.4. The summed E-state index contributed by atoms with van der Waals surface area (Å²) in [7, 11) is 0. The van der Waals surface area contributed by atoms with Crippen LogP contribution < -0.4 is 0 Å². The lowest BCUT2D eigenvalue weighted by molar-refractivity contribution is 0.0375. The standard InChI is InChI=1S/C16H22O2/c17-11-16(12-18-10-13-7-8-13)9-3-5-14-4-1-2-6-15(14)16/h1-2,4,6,13,17H,3,5,7-12H2. The first kappa shape index (κ1) is 12.2. The maximum Gasteiger partial charge on any atom is 0.0585 e. The van der Waals surface area contributed by atoms with Gasteiger partial charge < -0.3 is 9.84 Å². The van der Waals surface area contributed by atoms with Crippen LogP contribution in [0.15, 0.2) is 24.3 Å². The van der Waals surface area contributed by atoms with Crippen molar-refractivity contribution in [2.75, 3.05) is 19.8 Å². The fourth-order valence-corrected chi connectivity index (χ4v) is 3.07. The Kier molecular flexibility index (Phi) is 3.40. The first-order chi connectivity index (χ1) is 8.84. The average molecular weight is 246 g/mol. The third-order valence-electron chi connectivity index (χ3n) is 4.42. The van der Waals surface area contributed by atoms with Gasteiger partial charge in [0, 0.05) is 12.0 Å². The highest BCUT2D eigenvalue weighted by Gasteiger charge is 2.36. The van der Waals surface area contributed by atoms with E-state index in [-0.39, 0.29) is 12.0 Å². The van der Waals surface area contributed by atoms with E-state index < -0.39 is 0 Å². The molecule has 2 nitrogen and oxygen atoms in total. The van der Waals surface area contributed by atoms with Crippen molar-refractivity contribution in [3.05, 3.63) is 35.4 Å². The van der Waals surface area contributed by atoms with Gasteiger partial charge in [0.25, 0.3) is 0 Å². The van der Waals surface area contributed by atoms with Crippen LogP contribution >= 0.6 is 0 Å². The number of rotatable bonds is 5. The summed E-state index contributed by atoms with van der Waals surface area (Å²) in [4.78, 5) is 0. The lowest BCUT2D eigenvalue weighted by Gasteiger charge is -2.37. The van der Waals surface area contributed by atoms with Gasteiger partial charge in [0.2, 0.25) is 0 Å². The number of fused-ring (bicyclic) bond motifs is 1. The van der Waals surface area contributed by atoms with Crippen LogP contribution in [-0.4, -0.2) is 24.9 Å². The van der Waals surface area contributed by atoms with Crippen molar-refractivity contribution in [3.8, 4) is 0 Å². The maximum absolute atomic E-state index is 9.89. The summed E-state index contributed by atoms with van der Waals surface area (Å²) in [5.74, 6) is 0.791. The first-order valence-electron chi connectivity index (χ1n) is 7.11. The Morgan fingerprint density at radius 1 is 1.28 bits per heavy atom. The Labute approximate surface area is 109 Å². The van der Waals surface area contributed by atoms with Crippen LogP contribution in [0, 0.1) is 5.92 Å². The number of hydrogen-bond donors (Lipinski definition) is 1. The maximum atomic E-state index is 9.89. The van der Waals surface area contributed by atoms with E-state index in [1.165, 1.54) is 24.0 Å². The quantitative estimate of drug-likeness (QED) is 0.865. The third kappa shape index (κ3) is 2.32. The molecule has 1 atom stereocenters. The Morgan fingerprint density at radius 2 is 2.11 bits per heavy atom. The number of aliphatic hydroxyl groups is 1. The van der Waals surface area contributed by atoms with Crippen molar-refractivity contribution in [2.45, 2.75) is 37.5 Å². The number of hydrogen-bond acceptors (Lipinski definition) is 2. The molecule has 0 aliphatic heterocycles. The predicted molar refractivity (Wildman–Crippen MR) is 71.7 cm³/mol. The predicted octanol–water partition coefficient (Wildman–Crippen LogP) is 2.68. The molecule has 2 heteroatoms. The van der Waals surface area contributed by atoms with Crippen molar-refractivity contribution < 1.29 is 9.84 Å². The molecule has 1 aromatic rings. The zero-order valence-electron chi connectivity index (χ0n) is 10.9. The molecule has 1 aromatic carbocycles. The van der Waals surface area contributed by atoms with E-state index in [9.17, 15) is 5.11 Å². The number of benzene rings is 1. The molecule has 1 unspecified atom stereocenters. The van der Waals surface area contributed by atoms with Gasteiger partial charge in [-0.3, -0.25) is 0 Å². The van der Waals surface area contributed by atoms with Crippen LogP contribution in [0.3, 0.4) is 0 Å². The monoisotopic (exact) mass is 246 g/mol. The molecule has 0 amide bonds. The molecule has 0 aromatic heterocycles. The van der Waals surface area contributed by atoms with E-state index in [0.717, 1.165) is 31.8 Å². The van der Waals surface area contributed by atoms with Crippen molar-refractivity contribution in [1.82, 2.24) is 0 Å². The summed E-state index contributed by atoms with van der Waals surface area (Å²) in [6, 6.07) is 8.54. The van der Waals surface area contributed by atoms with E-state index in [2.05, 4.69) is 24.3 Å². The van der Waals surface area contributed by atoms with E-state index >= 15 is 0 Å². The summed E-state index contributed by atoms with van der Waals surface area (Å²) >= 11 is 0. The van der Waals surface area contributed by atoms with Crippen molar-refractivity contribution in [1.29, 1.82) is 0 Å². The second-order valence-electron chi connectivity index (χ2n) is 5.91. The molecule has 2 aliphatic carbocycles. The first-order valence-corrected chi connectivity index (χ1v) is 7.11. The highest BCUT2D eigenvalue weighted by atomic mass is 16.5. The zero-order valence-corrected chi connectivity index (χ0v) is 10.9. The SMILES string of the molecule is OCC1(COCC2CC2)CCCc2ccccc21. The molecule has 0 spiro atoms. The van der Waals surface area contributed by atoms with Crippen LogP contribution in [-0.2, 0) is 16.6 Å². The highest BCUT2D eigenvalue weighted by Crippen LogP contribution is 2.38. The fourth-order valence-electron chi connectivity index (χ4n) is 3.07. The summed E-state index contributed by atoms with van der Waals surface area (Å²) in [6.07, 6.45) is 5.99. The Bertz CT molecular complexity index is 411. The van der Waals surface area contributed by atoms with Crippen LogP contribution in [0.5, 0.6) is 0 Å². The van der Waals surface area contributed by atoms with Crippen LogP contribution in [0.2, 0.25) is 0 Å². The van der Waals surface area contributed by atoms with Gasteiger partial charge in [-0.2, -0.15) is 0 Å². The lowest BCUT2D eigenvalue weighted by atomic mass is 9.71. The number of aliphatic hydroxyl groups excluding tert-OH is 1. The Balaban J connectivity index is 1.77. The van der Waals surface area contributed by atoms with Crippen LogP contribution in [0.25, 0.3) is 0 Å². The van der Waals surface area contributed by atoms with Gasteiger partial charge >= 0.3 is 0 Å². The van der Waals surface area contributed by atoms with E-state index in [1.54, 1.807) is 0 Å². The molecule has 18 heavy (non-hydrogen) atoms. The van der Waals surface area contributed by atoms with Crippen molar-refractivity contribution >= 4 is 0 Å². The van der Waals surface area contributed by atoms with Gasteiger partial charge in [0.1, 0.15) is 0 Å². The van der Waals surface area contributed by atoms with E-state index in [1.807, 2.05) is 0 Å². The average Bonchev–Trinajstić information content (AvgIpc) is 3.23. The Morgan fingerprint density at radius 3 is 2.89 bits per heavy atom. The van der Waals surface area contributed by atoms with Gasteiger partial charge in [-0.25, -0.2) is 0 Å². The molecule has 1 saturated carbocycles. The summed E-state index contributed by atoms with van der Waals surface area (Å²) in [5, 5.41) is 9.89. The van der Waals surface area contributed by atoms with Gasteiger partial charge in [-0.05, 0) is 49.1 Å². The molecule has 3 rings (SSSR count). The molecule has 0 saturated heterocycles. The van der Waals surface area contributed by atoms with Crippen molar-refractivity contribution in [2.24, 2.45) is 5.92 Å². The highest BCUT2D eigenvalue weighted by molar-refractivity contribution is 5.37. The van der Waals surface area contributed by atoms with E-state index in [0.29, 0.717) is 6.61 Å². The fraction of sp³-hybridized carbons (Fsp3) is 0.625. The smallest absolute Gasteiger partial charge is 0.0585 e. The molecular weight excluding hydrogens is 224 g/mol. The molecule has 0 heterocycles. The molecule has 2 aliphatic rings. The second kappa shape index (κ2) is 5.02. The topological polar surface area (TPSA) is 29.5 Å². The van der Waals surface area contributed by atoms with Crippen LogP contribution in [0.1, 0.15) is 36.8 Å². The van der Waals surface area contributed by atoms with Gasteiger partial charge in [-0.1, -0.05) is 24.3 Å². The second-order valence-corrected chi connectivity index (χ2v) is 5.91. The number of aryl methyl sites for hydroxylation is 1.